The van der Waals surface area contributed by atoms with Crippen molar-refractivity contribution < 1.29 is 4.79 Å². The molecule has 1 amide bonds. The fraction of sp³-hybridized carbons (Fsp3) is 0. The number of primary amides is 1. The molecule has 1 heterocycles. The van der Waals surface area contributed by atoms with E-state index in [9.17, 15) is 4.79 Å². The van der Waals surface area contributed by atoms with Gasteiger partial charge in [0.15, 0.2) is 5.69 Å². The Morgan fingerprint density at radius 1 is 1.78 bits per heavy atom. The summed E-state index contributed by atoms with van der Waals surface area (Å²) in [5.74, 6) is -0.571. The Hall–Kier alpha value is -0.832. The predicted octanol–water partition coefficient (Wildman–Crippen LogP) is -2.28. The minimum atomic E-state index is -0.571. The third kappa shape index (κ3) is 1.85. The fourth-order valence-electron chi connectivity index (χ4n) is 0.322. The van der Waals surface area contributed by atoms with Crippen LogP contribution in [0.3, 0.4) is 0 Å². The van der Waals surface area contributed by atoms with E-state index in [2.05, 4.69) is 15.4 Å². The number of hydrogen-bond donors (Lipinski definition) is 2. The van der Waals surface area contributed by atoms with Crippen LogP contribution < -0.4 is 5.73 Å². The maximum atomic E-state index is 10.2. The summed E-state index contributed by atoms with van der Waals surface area (Å²) < 4.78 is 0. The van der Waals surface area contributed by atoms with Crippen LogP contribution in [-0.4, -0.2) is 39.3 Å². The molecule has 3 N–H and O–H groups in total. The topological polar surface area (TPSA) is 84.7 Å². The van der Waals surface area contributed by atoms with Crippen LogP contribution >= 0.6 is 0 Å². The van der Waals surface area contributed by atoms with E-state index >= 15 is 0 Å². The van der Waals surface area contributed by atoms with Crippen molar-refractivity contribution in [2.75, 3.05) is 0 Å². The van der Waals surface area contributed by atoms with Gasteiger partial charge in [-0.1, -0.05) is 5.21 Å². The molecule has 1 atom stereocenters. The van der Waals surface area contributed by atoms with Crippen LogP contribution in [0.25, 0.3) is 0 Å². The van der Waals surface area contributed by atoms with Gasteiger partial charge in [-0.05, 0) is 0 Å². The second-order valence-electron chi connectivity index (χ2n) is 1.22. The fourth-order valence-corrected chi connectivity index (χ4v) is 0.322. The first kappa shape index (κ1) is 8.17. The standard InChI is InChI=1S/C3H4N4O.AsH3/c4-3(8)2-1-5-7-6-2;/h1H,(H2,4,8)(H,5,6,7);1H3. The zero-order valence-electron chi connectivity index (χ0n) is 4.66. The first-order valence-corrected chi connectivity index (χ1v) is 1.97. The zero-order chi connectivity index (χ0) is 5.98. The van der Waals surface area contributed by atoms with Gasteiger partial charge >= 0.3 is 18.0 Å². The van der Waals surface area contributed by atoms with Crippen LogP contribution in [0.5, 0.6) is 0 Å². The van der Waals surface area contributed by atoms with Gasteiger partial charge in [0.25, 0.3) is 5.91 Å². The number of hydrogen-bond acceptors (Lipinski definition) is 3. The minimum absolute atomic E-state index is 0. The van der Waals surface area contributed by atoms with E-state index < -0.39 is 5.91 Å². The molecule has 0 aliphatic rings. The molecule has 0 fully saturated rings. The number of rotatable bonds is 1. The number of nitrogens with zero attached hydrogens (tertiary/aromatic N) is 2. The Balaban J connectivity index is 0.000000640. The van der Waals surface area contributed by atoms with Gasteiger partial charge < -0.3 is 5.73 Å². The number of aromatic amines is 1. The molecule has 0 bridgehead atoms. The van der Waals surface area contributed by atoms with Gasteiger partial charge in [0.1, 0.15) is 0 Å². The number of aromatic nitrogens is 3. The van der Waals surface area contributed by atoms with Crippen molar-refractivity contribution in [3.63, 3.8) is 0 Å². The van der Waals surface area contributed by atoms with Gasteiger partial charge in [0.05, 0.1) is 6.20 Å². The van der Waals surface area contributed by atoms with E-state index in [-0.39, 0.29) is 23.6 Å². The van der Waals surface area contributed by atoms with Crippen LogP contribution in [0.4, 0.5) is 0 Å². The van der Waals surface area contributed by atoms with Crippen molar-refractivity contribution in [3.8, 4) is 0 Å². The van der Waals surface area contributed by atoms with Crippen molar-refractivity contribution in [2.45, 2.75) is 0 Å². The van der Waals surface area contributed by atoms with Crippen LogP contribution in [-0.2, 0) is 0 Å². The van der Waals surface area contributed by atoms with Crippen molar-refractivity contribution in [1.29, 1.82) is 0 Å². The molecule has 1 rings (SSSR count). The molecule has 0 radical (unpaired) electrons. The average molecular weight is 190 g/mol. The Bertz CT molecular complexity index is 184. The second kappa shape index (κ2) is 3.24. The number of nitrogens with one attached hydrogen (secondary N) is 1. The Morgan fingerprint density at radius 3 is 2.67 bits per heavy atom. The molecule has 1 unspecified atom stereocenters. The first-order valence-electron chi connectivity index (χ1n) is 1.97. The summed E-state index contributed by atoms with van der Waals surface area (Å²) in [7, 11) is 0. The van der Waals surface area contributed by atoms with Crippen molar-refractivity contribution >= 4 is 23.9 Å². The molecule has 1 aromatic rings. The molecule has 6 heteroatoms. The second-order valence-corrected chi connectivity index (χ2v) is 1.22. The van der Waals surface area contributed by atoms with E-state index in [0.29, 0.717) is 0 Å². The van der Waals surface area contributed by atoms with E-state index in [0.717, 1.165) is 0 Å². The van der Waals surface area contributed by atoms with Crippen molar-refractivity contribution in [1.82, 2.24) is 15.4 Å². The molecule has 0 spiro atoms. The summed E-state index contributed by atoms with van der Waals surface area (Å²) >= 11 is 0. The molecule has 0 aliphatic carbocycles. The normalized spacial score (nSPS) is 8.00. The third-order valence-corrected chi connectivity index (χ3v) is 0.669. The summed E-state index contributed by atoms with van der Waals surface area (Å²) in [6, 6.07) is 0. The number of amides is 1. The Kier molecular flexibility index (Phi) is 2.94. The monoisotopic (exact) mass is 190 g/mol. The first-order chi connectivity index (χ1) is 3.80. The van der Waals surface area contributed by atoms with Crippen LogP contribution in [0.2, 0.25) is 0 Å². The quantitative estimate of drug-likeness (QED) is 0.489. The van der Waals surface area contributed by atoms with Gasteiger partial charge in [-0.15, -0.1) is 5.10 Å². The number of H-pyrrole nitrogens is 1. The van der Waals surface area contributed by atoms with Crippen molar-refractivity contribution in [2.24, 2.45) is 5.73 Å². The average Bonchev–Trinajstić information content (AvgIpc) is 2.12. The van der Waals surface area contributed by atoms with E-state index in [1.807, 2.05) is 0 Å². The molecule has 0 aliphatic heterocycles. The maximum absolute atomic E-state index is 10.2. The third-order valence-electron chi connectivity index (χ3n) is 0.669. The van der Waals surface area contributed by atoms with Crippen LogP contribution in [0.15, 0.2) is 6.20 Å². The molecule has 0 saturated carbocycles. The summed E-state index contributed by atoms with van der Waals surface area (Å²) in [5.41, 5.74) is 4.95. The van der Waals surface area contributed by atoms with Gasteiger partial charge in [0, 0.05) is 0 Å². The molecule has 5 nitrogen and oxygen atoms in total. The van der Waals surface area contributed by atoms with Crippen LogP contribution in [0, 0.1) is 0 Å². The summed E-state index contributed by atoms with van der Waals surface area (Å²) in [6.07, 6.45) is 1.34. The van der Waals surface area contributed by atoms with E-state index in [1.165, 1.54) is 6.20 Å². The van der Waals surface area contributed by atoms with Gasteiger partial charge in [-0.3, -0.25) is 9.89 Å². The van der Waals surface area contributed by atoms with Crippen molar-refractivity contribution in [3.05, 3.63) is 11.9 Å². The van der Waals surface area contributed by atoms with Gasteiger partial charge in [-0.2, -0.15) is 0 Å². The summed E-state index contributed by atoms with van der Waals surface area (Å²) in [6.45, 7) is 0. The Labute approximate surface area is 62.3 Å². The summed E-state index contributed by atoms with van der Waals surface area (Å²) in [5, 5.41) is 8.95. The molecule has 0 aromatic carbocycles. The Morgan fingerprint density at radius 2 is 2.44 bits per heavy atom. The molecule has 50 valence electrons. The molecule has 1 aromatic heterocycles. The number of carbonyl (C=O) groups excluding carboxylic acids is 1. The molecule has 0 saturated heterocycles. The molecular weight excluding hydrogens is 183 g/mol. The van der Waals surface area contributed by atoms with E-state index in [1.54, 1.807) is 0 Å². The number of nitrogens with two attached hydrogens (primary N) is 1. The van der Waals surface area contributed by atoms with E-state index in [4.69, 9.17) is 5.73 Å². The number of carbonyl (C=O) groups is 1. The van der Waals surface area contributed by atoms with Gasteiger partial charge in [-0.25, -0.2) is 0 Å². The van der Waals surface area contributed by atoms with Gasteiger partial charge in [0.2, 0.25) is 0 Å². The van der Waals surface area contributed by atoms with Crippen LogP contribution in [0.1, 0.15) is 10.5 Å². The zero-order valence-corrected chi connectivity index (χ0v) is 7.63. The molecule has 9 heavy (non-hydrogen) atoms. The molecular formula is C3H7AsN4O. The predicted molar refractivity (Wildman–Crippen MR) is 34.8 cm³/mol. The SMILES string of the molecule is NC(=O)c1c[nH]nn1.[AsH3]. The summed E-state index contributed by atoms with van der Waals surface area (Å²) in [4.78, 5) is 10.2.